The van der Waals surface area contributed by atoms with Gasteiger partial charge in [-0.15, -0.1) is 0 Å². The van der Waals surface area contributed by atoms with Crippen molar-refractivity contribution in [1.29, 1.82) is 0 Å². The summed E-state index contributed by atoms with van der Waals surface area (Å²) >= 11 is 0. The molecule has 0 bridgehead atoms. The number of likely N-dealkylation sites (N-methyl/N-ethyl adjacent to an activating group) is 1. The summed E-state index contributed by atoms with van der Waals surface area (Å²) in [4.78, 5) is 16.6. The Balaban J connectivity index is 2.64. The molecule has 0 saturated carbocycles. The van der Waals surface area contributed by atoms with Gasteiger partial charge in [0, 0.05) is 31.9 Å². The van der Waals surface area contributed by atoms with Gasteiger partial charge in [-0.1, -0.05) is 34.6 Å². The van der Waals surface area contributed by atoms with E-state index in [9.17, 15) is 5.11 Å². The minimum atomic E-state index is 0.0554. The third-order valence-electron chi connectivity index (χ3n) is 5.24. The molecule has 0 amide bonds. The molecule has 2 N–H and O–H groups in total. The van der Waals surface area contributed by atoms with Crippen LogP contribution in [0.4, 0.5) is 11.6 Å². The molecule has 2 aromatic heterocycles. The number of hydrogen-bond donors (Lipinski definition) is 2. The summed E-state index contributed by atoms with van der Waals surface area (Å²) < 4.78 is 6.14. The van der Waals surface area contributed by atoms with Gasteiger partial charge in [0.2, 0.25) is 0 Å². The lowest BCUT2D eigenvalue weighted by Gasteiger charge is -2.23. The topological polar surface area (TPSA) is 83.4 Å². The SMILES string of the molecule is CCc1nc(OC(CC)CC)c(NC)nc1-c1ccc(C(C)C)nc1N(C)CCO. The van der Waals surface area contributed by atoms with Gasteiger partial charge in [-0.3, -0.25) is 0 Å². The molecule has 0 aliphatic rings. The Morgan fingerprint density at radius 3 is 2.33 bits per heavy atom. The highest BCUT2D eigenvalue weighted by Crippen LogP contribution is 2.34. The molecule has 2 heterocycles. The molecule has 0 spiro atoms. The van der Waals surface area contributed by atoms with Gasteiger partial charge in [0.15, 0.2) is 5.82 Å². The van der Waals surface area contributed by atoms with Crippen molar-refractivity contribution in [3.63, 3.8) is 0 Å². The van der Waals surface area contributed by atoms with Crippen LogP contribution in [0.15, 0.2) is 12.1 Å². The second kappa shape index (κ2) is 11.1. The van der Waals surface area contributed by atoms with E-state index < -0.39 is 0 Å². The number of hydrogen-bond acceptors (Lipinski definition) is 7. The molecule has 0 saturated heterocycles. The normalized spacial score (nSPS) is 11.3. The van der Waals surface area contributed by atoms with Gasteiger partial charge in [-0.05, 0) is 37.3 Å². The van der Waals surface area contributed by atoms with E-state index in [2.05, 4.69) is 46.0 Å². The van der Waals surface area contributed by atoms with Crippen LogP contribution in [0.3, 0.4) is 0 Å². The Kier molecular flexibility index (Phi) is 8.84. The van der Waals surface area contributed by atoms with Crippen LogP contribution in [0.25, 0.3) is 11.3 Å². The first-order chi connectivity index (χ1) is 14.4. The number of anilines is 2. The lowest BCUT2D eigenvalue weighted by molar-refractivity contribution is 0.185. The zero-order valence-corrected chi connectivity index (χ0v) is 19.5. The predicted molar refractivity (Wildman–Crippen MR) is 124 cm³/mol. The van der Waals surface area contributed by atoms with Gasteiger partial charge in [-0.25, -0.2) is 15.0 Å². The Morgan fingerprint density at radius 2 is 1.80 bits per heavy atom. The Morgan fingerprint density at radius 1 is 1.10 bits per heavy atom. The molecule has 30 heavy (non-hydrogen) atoms. The van der Waals surface area contributed by atoms with Gasteiger partial charge >= 0.3 is 0 Å². The van der Waals surface area contributed by atoms with Crippen LogP contribution in [0, 0.1) is 0 Å². The Bertz CT molecular complexity index is 821. The molecule has 0 atom stereocenters. The van der Waals surface area contributed by atoms with Crippen molar-refractivity contribution in [2.45, 2.75) is 65.9 Å². The molecule has 0 radical (unpaired) electrons. The zero-order chi connectivity index (χ0) is 22.3. The number of nitrogens with zero attached hydrogens (tertiary/aromatic N) is 4. The molecule has 0 unspecified atom stereocenters. The quantitative estimate of drug-likeness (QED) is 0.567. The highest BCUT2D eigenvalue weighted by Gasteiger charge is 2.21. The number of aryl methyl sites for hydroxylation is 1. The number of rotatable bonds is 11. The lowest BCUT2D eigenvalue weighted by Crippen LogP contribution is -2.24. The fourth-order valence-electron chi connectivity index (χ4n) is 3.29. The van der Waals surface area contributed by atoms with Crippen LogP contribution in [0.1, 0.15) is 64.8 Å². The average Bonchev–Trinajstić information content (AvgIpc) is 2.76. The van der Waals surface area contributed by atoms with E-state index in [1.165, 1.54) is 0 Å². The summed E-state index contributed by atoms with van der Waals surface area (Å²) in [5.74, 6) is 2.28. The van der Waals surface area contributed by atoms with E-state index in [0.717, 1.165) is 47.7 Å². The number of ether oxygens (including phenoxy) is 1. The summed E-state index contributed by atoms with van der Waals surface area (Å²) in [6.07, 6.45) is 2.67. The van der Waals surface area contributed by atoms with E-state index in [0.29, 0.717) is 24.2 Å². The molecule has 7 nitrogen and oxygen atoms in total. The smallest absolute Gasteiger partial charge is 0.257 e. The van der Waals surface area contributed by atoms with Crippen molar-refractivity contribution in [2.75, 3.05) is 37.5 Å². The lowest BCUT2D eigenvalue weighted by atomic mass is 10.0. The van der Waals surface area contributed by atoms with Crippen molar-refractivity contribution in [1.82, 2.24) is 15.0 Å². The van der Waals surface area contributed by atoms with Crippen molar-refractivity contribution in [3.8, 4) is 17.1 Å². The van der Waals surface area contributed by atoms with Crippen LogP contribution in [0.5, 0.6) is 5.88 Å². The maximum Gasteiger partial charge on any atom is 0.257 e. The molecular weight excluding hydrogens is 378 g/mol. The van der Waals surface area contributed by atoms with E-state index in [-0.39, 0.29) is 12.7 Å². The Hall–Kier alpha value is -2.41. The molecule has 2 aromatic rings. The highest BCUT2D eigenvalue weighted by molar-refractivity contribution is 5.76. The first-order valence-corrected chi connectivity index (χ1v) is 11.0. The van der Waals surface area contributed by atoms with Gasteiger partial charge in [0.1, 0.15) is 11.9 Å². The number of nitrogens with one attached hydrogen (secondary N) is 1. The van der Waals surface area contributed by atoms with Crippen molar-refractivity contribution >= 4 is 11.6 Å². The first kappa shape index (κ1) is 23.9. The molecule has 0 fully saturated rings. The molecular formula is C23H37N5O2. The summed E-state index contributed by atoms with van der Waals surface area (Å²) in [5.41, 5.74) is 3.58. The fourth-order valence-corrected chi connectivity index (χ4v) is 3.29. The summed E-state index contributed by atoms with van der Waals surface area (Å²) in [7, 11) is 3.77. The largest absolute Gasteiger partial charge is 0.472 e. The number of aliphatic hydroxyl groups is 1. The third-order valence-corrected chi connectivity index (χ3v) is 5.24. The maximum absolute atomic E-state index is 9.46. The predicted octanol–water partition coefficient (Wildman–Crippen LogP) is 4.26. The van der Waals surface area contributed by atoms with Crippen molar-refractivity contribution in [2.24, 2.45) is 0 Å². The van der Waals surface area contributed by atoms with E-state index in [1.807, 2.05) is 25.1 Å². The van der Waals surface area contributed by atoms with Crippen LogP contribution >= 0.6 is 0 Å². The van der Waals surface area contributed by atoms with E-state index >= 15 is 0 Å². The zero-order valence-electron chi connectivity index (χ0n) is 19.5. The van der Waals surface area contributed by atoms with Gasteiger partial charge < -0.3 is 20.1 Å². The first-order valence-electron chi connectivity index (χ1n) is 11.0. The number of aliphatic hydroxyl groups excluding tert-OH is 1. The molecule has 0 aliphatic carbocycles. The van der Waals surface area contributed by atoms with Gasteiger partial charge in [0.25, 0.3) is 5.88 Å². The van der Waals surface area contributed by atoms with Crippen molar-refractivity contribution in [3.05, 3.63) is 23.5 Å². The minimum Gasteiger partial charge on any atom is -0.472 e. The standard InChI is InChI=1S/C23H37N5O2/c1-8-16(9-2)30-23-21(24-6)27-20(18(10-3)26-23)17-11-12-19(15(4)5)25-22(17)28(7)13-14-29/h11-12,15-16,29H,8-10,13-14H2,1-7H3,(H,24,27). The molecule has 0 aliphatic heterocycles. The van der Waals surface area contributed by atoms with Gasteiger partial charge in [0.05, 0.1) is 18.0 Å². The third kappa shape index (κ3) is 5.39. The Labute approximate surface area is 180 Å². The maximum atomic E-state index is 9.46. The van der Waals surface area contributed by atoms with Crippen molar-refractivity contribution < 1.29 is 9.84 Å². The van der Waals surface area contributed by atoms with Crippen LogP contribution in [-0.2, 0) is 6.42 Å². The number of pyridine rings is 1. The highest BCUT2D eigenvalue weighted by atomic mass is 16.5. The number of aromatic nitrogens is 3. The monoisotopic (exact) mass is 415 g/mol. The molecule has 0 aromatic carbocycles. The second-order valence-electron chi connectivity index (χ2n) is 7.74. The minimum absolute atomic E-state index is 0.0554. The molecule has 2 rings (SSSR count). The van der Waals surface area contributed by atoms with E-state index in [1.54, 1.807) is 0 Å². The average molecular weight is 416 g/mol. The second-order valence-corrected chi connectivity index (χ2v) is 7.74. The fraction of sp³-hybridized carbons (Fsp3) is 0.609. The van der Waals surface area contributed by atoms with Crippen LogP contribution in [-0.4, -0.2) is 53.4 Å². The van der Waals surface area contributed by atoms with Crippen LogP contribution < -0.4 is 15.0 Å². The summed E-state index contributed by atoms with van der Waals surface area (Å²) in [6.45, 7) is 11.1. The van der Waals surface area contributed by atoms with E-state index in [4.69, 9.17) is 19.7 Å². The molecule has 166 valence electrons. The summed E-state index contributed by atoms with van der Waals surface area (Å²) in [6, 6.07) is 4.11. The van der Waals surface area contributed by atoms with Crippen LogP contribution in [0.2, 0.25) is 0 Å². The molecule has 7 heteroatoms. The summed E-state index contributed by atoms with van der Waals surface area (Å²) in [5, 5.41) is 12.6. The van der Waals surface area contributed by atoms with Gasteiger partial charge in [-0.2, -0.15) is 0 Å².